The third kappa shape index (κ3) is 3.43. The second-order valence-corrected chi connectivity index (χ2v) is 6.99. The fourth-order valence-corrected chi connectivity index (χ4v) is 3.45. The maximum atomic E-state index is 10.2. The van der Waals surface area contributed by atoms with Crippen LogP contribution in [-0.4, -0.2) is 70.0 Å². The quantitative estimate of drug-likeness (QED) is 0.331. The molecule has 29 heavy (non-hydrogen) atoms. The summed E-state index contributed by atoms with van der Waals surface area (Å²) in [5, 5.41) is 52.6. The van der Waals surface area contributed by atoms with E-state index in [1.54, 1.807) is 0 Å². The standard InChI is InChI=1S/C17H18ClN5O6/c18-7-1-9(25)8(10(26)2-7)3-19-15-12-16(21-5-20-15)23(6-22-12)17-14(28)13(27)11(4-24)29-17/h1-2,5-6,11,13-14,17,24-28H,3-4H2,(H,19,20,21)/t11-,13-,14-,17-/m1/s1. The summed E-state index contributed by atoms with van der Waals surface area (Å²) in [7, 11) is 0. The highest BCUT2D eigenvalue weighted by molar-refractivity contribution is 6.30. The van der Waals surface area contributed by atoms with E-state index >= 15 is 0 Å². The summed E-state index contributed by atoms with van der Waals surface area (Å²) in [6.07, 6.45) is -1.80. The number of aliphatic hydroxyl groups is 3. The normalized spacial score (nSPS) is 24.3. The molecule has 0 saturated carbocycles. The molecule has 4 atom stereocenters. The average molecular weight is 424 g/mol. The number of imidazole rings is 1. The van der Waals surface area contributed by atoms with E-state index in [0.717, 1.165) is 0 Å². The molecule has 0 amide bonds. The van der Waals surface area contributed by atoms with Gasteiger partial charge in [0.25, 0.3) is 0 Å². The molecule has 1 aliphatic rings. The van der Waals surface area contributed by atoms with E-state index < -0.39 is 31.1 Å². The van der Waals surface area contributed by atoms with Crippen LogP contribution in [0.1, 0.15) is 11.8 Å². The van der Waals surface area contributed by atoms with E-state index in [-0.39, 0.29) is 28.6 Å². The lowest BCUT2D eigenvalue weighted by Crippen LogP contribution is -2.33. The number of nitrogens with one attached hydrogen (secondary N) is 1. The Balaban J connectivity index is 1.62. The molecule has 12 heteroatoms. The number of nitrogens with zero attached hydrogens (tertiary/aromatic N) is 4. The van der Waals surface area contributed by atoms with Gasteiger partial charge in [-0.1, -0.05) is 11.6 Å². The lowest BCUT2D eigenvalue weighted by atomic mass is 10.1. The molecular formula is C17H18ClN5O6. The van der Waals surface area contributed by atoms with Crippen LogP contribution in [0.3, 0.4) is 0 Å². The van der Waals surface area contributed by atoms with Crippen LogP contribution in [0.4, 0.5) is 5.82 Å². The van der Waals surface area contributed by atoms with Crippen LogP contribution < -0.4 is 5.32 Å². The zero-order valence-corrected chi connectivity index (χ0v) is 15.6. The van der Waals surface area contributed by atoms with Gasteiger partial charge in [0, 0.05) is 11.6 Å². The Morgan fingerprint density at radius 1 is 1.10 bits per heavy atom. The molecule has 0 aliphatic carbocycles. The van der Waals surface area contributed by atoms with E-state index in [9.17, 15) is 25.5 Å². The molecule has 3 aromatic rings. The van der Waals surface area contributed by atoms with Gasteiger partial charge < -0.3 is 35.6 Å². The summed E-state index contributed by atoms with van der Waals surface area (Å²) in [6.45, 7) is -0.418. The number of anilines is 1. The molecular weight excluding hydrogens is 406 g/mol. The maximum absolute atomic E-state index is 10.2. The number of aromatic nitrogens is 4. The second-order valence-electron chi connectivity index (χ2n) is 6.55. The van der Waals surface area contributed by atoms with Crippen molar-refractivity contribution in [2.45, 2.75) is 31.1 Å². The summed E-state index contributed by atoms with van der Waals surface area (Å²) in [6, 6.07) is 2.62. The first-order valence-corrected chi connectivity index (χ1v) is 9.02. The molecule has 0 spiro atoms. The lowest BCUT2D eigenvalue weighted by molar-refractivity contribution is -0.0511. The minimum absolute atomic E-state index is 0.0294. The van der Waals surface area contributed by atoms with E-state index in [0.29, 0.717) is 17.0 Å². The zero-order valence-electron chi connectivity index (χ0n) is 14.8. The number of rotatable bonds is 5. The minimum atomic E-state index is -1.28. The first-order valence-electron chi connectivity index (χ1n) is 8.65. The van der Waals surface area contributed by atoms with Gasteiger partial charge in [-0.15, -0.1) is 0 Å². The summed E-state index contributed by atoms with van der Waals surface area (Å²) in [5.41, 5.74) is 0.893. The molecule has 6 N–H and O–H groups in total. The Bertz CT molecular complexity index is 1020. The smallest absolute Gasteiger partial charge is 0.167 e. The van der Waals surface area contributed by atoms with Crippen LogP contribution in [0.15, 0.2) is 24.8 Å². The molecule has 4 rings (SSSR count). The van der Waals surface area contributed by atoms with E-state index in [2.05, 4.69) is 20.3 Å². The zero-order chi connectivity index (χ0) is 20.7. The number of ether oxygens (including phenoxy) is 1. The van der Waals surface area contributed by atoms with E-state index in [4.69, 9.17) is 16.3 Å². The number of phenolic OH excluding ortho intramolecular Hbond substituents is 2. The lowest BCUT2D eigenvalue weighted by Gasteiger charge is -2.16. The number of fused-ring (bicyclic) bond motifs is 1. The first-order chi connectivity index (χ1) is 13.9. The van der Waals surface area contributed by atoms with E-state index in [1.807, 2.05) is 0 Å². The van der Waals surface area contributed by atoms with Gasteiger partial charge in [-0.2, -0.15) is 0 Å². The predicted octanol–water partition coefficient (Wildman–Crippen LogP) is 0.114. The van der Waals surface area contributed by atoms with Gasteiger partial charge in [-0.25, -0.2) is 15.0 Å². The van der Waals surface area contributed by atoms with Crippen molar-refractivity contribution in [1.29, 1.82) is 0 Å². The fraction of sp³-hybridized carbons (Fsp3) is 0.353. The summed E-state index contributed by atoms with van der Waals surface area (Å²) in [4.78, 5) is 12.5. The molecule has 1 aliphatic heterocycles. The Morgan fingerprint density at radius 3 is 2.48 bits per heavy atom. The van der Waals surface area contributed by atoms with Crippen molar-refractivity contribution < 1.29 is 30.3 Å². The fourth-order valence-electron chi connectivity index (χ4n) is 3.24. The molecule has 1 aromatic carbocycles. The molecule has 1 fully saturated rings. The number of benzene rings is 1. The van der Waals surface area contributed by atoms with E-state index in [1.165, 1.54) is 29.4 Å². The third-order valence-electron chi connectivity index (χ3n) is 4.75. The summed E-state index contributed by atoms with van der Waals surface area (Å²) >= 11 is 5.79. The summed E-state index contributed by atoms with van der Waals surface area (Å²) < 4.78 is 6.95. The van der Waals surface area contributed by atoms with Crippen molar-refractivity contribution in [2.75, 3.05) is 11.9 Å². The van der Waals surface area contributed by atoms with Gasteiger partial charge in [-0.05, 0) is 12.1 Å². The minimum Gasteiger partial charge on any atom is -0.507 e. The Morgan fingerprint density at radius 2 is 1.83 bits per heavy atom. The molecule has 1 saturated heterocycles. The molecule has 3 heterocycles. The van der Waals surface area contributed by atoms with Crippen molar-refractivity contribution in [2.24, 2.45) is 0 Å². The first kappa shape index (κ1) is 19.6. The van der Waals surface area contributed by atoms with Crippen molar-refractivity contribution in [3.05, 3.63) is 35.4 Å². The van der Waals surface area contributed by atoms with Gasteiger partial charge in [0.1, 0.15) is 36.1 Å². The molecule has 0 bridgehead atoms. The van der Waals surface area contributed by atoms with Crippen molar-refractivity contribution in [3.8, 4) is 11.5 Å². The van der Waals surface area contributed by atoms with Crippen molar-refractivity contribution >= 4 is 28.6 Å². The molecule has 154 valence electrons. The SMILES string of the molecule is OC[C@H]1O[C@@H](n2cnc3c(NCc4c(O)cc(Cl)cc4O)ncnc32)[C@H](O)[C@@H]1O. The number of hydrogen-bond acceptors (Lipinski definition) is 10. The Labute approximate surface area is 168 Å². The largest absolute Gasteiger partial charge is 0.507 e. The maximum Gasteiger partial charge on any atom is 0.167 e. The molecule has 0 radical (unpaired) electrons. The van der Waals surface area contributed by atoms with Crippen LogP contribution in [0, 0.1) is 0 Å². The second kappa shape index (κ2) is 7.61. The Kier molecular flexibility index (Phi) is 5.15. The number of aromatic hydroxyl groups is 2. The van der Waals surface area contributed by atoms with Gasteiger partial charge >= 0.3 is 0 Å². The number of phenols is 2. The van der Waals surface area contributed by atoms with Gasteiger partial charge in [-0.3, -0.25) is 4.57 Å². The van der Waals surface area contributed by atoms with Crippen LogP contribution in [0.2, 0.25) is 5.02 Å². The number of hydrogen-bond donors (Lipinski definition) is 6. The number of halogens is 1. The van der Waals surface area contributed by atoms with Crippen molar-refractivity contribution in [3.63, 3.8) is 0 Å². The highest BCUT2D eigenvalue weighted by atomic mass is 35.5. The van der Waals surface area contributed by atoms with Gasteiger partial charge in [0.15, 0.2) is 23.2 Å². The van der Waals surface area contributed by atoms with Gasteiger partial charge in [0.05, 0.1) is 18.5 Å². The van der Waals surface area contributed by atoms with Crippen LogP contribution in [0.5, 0.6) is 11.5 Å². The molecule has 2 aromatic heterocycles. The monoisotopic (exact) mass is 423 g/mol. The molecule has 0 unspecified atom stereocenters. The topological polar surface area (TPSA) is 166 Å². The Hall–Kier alpha value is -2.70. The van der Waals surface area contributed by atoms with Crippen LogP contribution in [-0.2, 0) is 11.3 Å². The highest BCUT2D eigenvalue weighted by Crippen LogP contribution is 2.34. The van der Waals surface area contributed by atoms with Gasteiger partial charge in [0.2, 0.25) is 0 Å². The highest BCUT2D eigenvalue weighted by Gasteiger charge is 2.44. The third-order valence-corrected chi connectivity index (χ3v) is 4.97. The predicted molar refractivity (Wildman–Crippen MR) is 100 cm³/mol. The molecule has 11 nitrogen and oxygen atoms in total. The average Bonchev–Trinajstić information content (AvgIpc) is 3.23. The van der Waals surface area contributed by atoms with Crippen LogP contribution in [0.25, 0.3) is 11.2 Å². The van der Waals surface area contributed by atoms with Crippen molar-refractivity contribution in [1.82, 2.24) is 19.5 Å². The summed E-state index contributed by atoms with van der Waals surface area (Å²) in [5.74, 6) is -0.0380. The van der Waals surface area contributed by atoms with Crippen LogP contribution >= 0.6 is 11.6 Å². The number of aliphatic hydroxyl groups excluding tert-OH is 3.